The van der Waals surface area contributed by atoms with Crippen molar-refractivity contribution in [2.45, 2.75) is 46.8 Å². The topological polar surface area (TPSA) is 50.2 Å². The minimum Gasteiger partial charge on any atom is -0.348 e. The number of nitrogens with one attached hydrogen (secondary N) is 1. The third-order valence-corrected chi connectivity index (χ3v) is 4.18. The number of rotatable bonds is 7. The third kappa shape index (κ3) is 4.93. The summed E-state index contributed by atoms with van der Waals surface area (Å²) in [5.74, 6) is 0.0334. The minimum atomic E-state index is 0.0103. The lowest BCUT2D eigenvalue weighted by Crippen LogP contribution is -2.36. The number of nitrogens with zero attached hydrogens (tertiary/aromatic N) is 3. The molecule has 1 heterocycles. The molecule has 1 amide bonds. The predicted octanol–water partition coefficient (Wildman–Crippen LogP) is 2.83. The van der Waals surface area contributed by atoms with Crippen LogP contribution >= 0.6 is 0 Å². The zero-order valence-corrected chi connectivity index (χ0v) is 15.3. The standard InChI is InChI=1S/C19H28N4O/c1-6-23-12-18(16(4)21-23)11-22(5)13-19(24)20-15(3)17-9-7-14(2)8-10-17/h7-10,12,15H,6,11,13H2,1-5H3,(H,20,24)/t15-/m1/s1. The Morgan fingerprint density at radius 1 is 1.29 bits per heavy atom. The number of benzene rings is 1. The van der Waals surface area contributed by atoms with E-state index in [9.17, 15) is 4.79 Å². The van der Waals surface area contributed by atoms with E-state index in [-0.39, 0.29) is 11.9 Å². The zero-order chi connectivity index (χ0) is 17.7. The van der Waals surface area contributed by atoms with Crippen LogP contribution in [0.2, 0.25) is 0 Å². The van der Waals surface area contributed by atoms with Gasteiger partial charge in [0.2, 0.25) is 5.91 Å². The summed E-state index contributed by atoms with van der Waals surface area (Å²) in [7, 11) is 1.96. The number of hydrogen-bond donors (Lipinski definition) is 1. The van der Waals surface area contributed by atoms with E-state index in [0.29, 0.717) is 6.54 Å². The SMILES string of the molecule is CCn1cc(CN(C)CC(=O)N[C@H](C)c2ccc(C)cc2)c(C)n1. The van der Waals surface area contributed by atoms with Crippen LogP contribution in [0.4, 0.5) is 0 Å². The molecule has 2 aromatic rings. The van der Waals surface area contributed by atoms with E-state index in [1.807, 2.05) is 30.5 Å². The Hall–Kier alpha value is -2.14. The van der Waals surface area contributed by atoms with Crippen molar-refractivity contribution in [3.63, 3.8) is 0 Å². The Morgan fingerprint density at radius 3 is 2.54 bits per heavy atom. The fourth-order valence-electron chi connectivity index (χ4n) is 2.69. The second-order valence-electron chi connectivity index (χ2n) is 6.47. The van der Waals surface area contributed by atoms with Crippen molar-refractivity contribution in [1.29, 1.82) is 0 Å². The van der Waals surface area contributed by atoms with Gasteiger partial charge in [-0.25, -0.2) is 0 Å². The van der Waals surface area contributed by atoms with Gasteiger partial charge in [0.1, 0.15) is 0 Å². The number of hydrogen-bond acceptors (Lipinski definition) is 3. The maximum Gasteiger partial charge on any atom is 0.234 e. The average Bonchev–Trinajstić information content (AvgIpc) is 2.87. The van der Waals surface area contributed by atoms with Gasteiger partial charge in [0.15, 0.2) is 0 Å². The van der Waals surface area contributed by atoms with E-state index >= 15 is 0 Å². The largest absolute Gasteiger partial charge is 0.348 e. The molecule has 0 saturated heterocycles. The van der Waals surface area contributed by atoms with Crippen LogP contribution in [0.1, 0.15) is 42.3 Å². The van der Waals surface area contributed by atoms with Crippen LogP contribution in [0.3, 0.4) is 0 Å². The predicted molar refractivity (Wildman–Crippen MR) is 96.7 cm³/mol. The van der Waals surface area contributed by atoms with Crippen LogP contribution in [0.5, 0.6) is 0 Å². The van der Waals surface area contributed by atoms with Crippen LogP contribution in [0.15, 0.2) is 30.5 Å². The molecule has 0 fully saturated rings. The van der Waals surface area contributed by atoms with Crippen molar-refractivity contribution in [1.82, 2.24) is 20.0 Å². The van der Waals surface area contributed by atoms with E-state index in [4.69, 9.17) is 0 Å². The first kappa shape index (κ1) is 18.2. The van der Waals surface area contributed by atoms with Crippen molar-refractivity contribution in [3.8, 4) is 0 Å². The average molecular weight is 328 g/mol. The molecule has 0 bridgehead atoms. The molecule has 1 atom stereocenters. The lowest BCUT2D eigenvalue weighted by molar-refractivity contribution is -0.122. The first-order valence-electron chi connectivity index (χ1n) is 8.46. The second-order valence-corrected chi connectivity index (χ2v) is 6.47. The molecule has 24 heavy (non-hydrogen) atoms. The molecule has 5 nitrogen and oxygen atoms in total. The molecule has 1 N–H and O–H groups in total. The molecule has 0 aliphatic carbocycles. The van der Waals surface area contributed by atoms with Crippen molar-refractivity contribution in [2.75, 3.05) is 13.6 Å². The summed E-state index contributed by atoms with van der Waals surface area (Å²) in [6.07, 6.45) is 2.05. The maximum absolute atomic E-state index is 12.3. The number of likely N-dealkylation sites (N-methyl/N-ethyl adjacent to an activating group) is 1. The highest BCUT2D eigenvalue weighted by atomic mass is 16.2. The summed E-state index contributed by atoms with van der Waals surface area (Å²) in [5, 5.41) is 7.51. The summed E-state index contributed by atoms with van der Waals surface area (Å²) >= 11 is 0. The van der Waals surface area contributed by atoms with Crippen LogP contribution in [0, 0.1) is 13.8 Å². The van der Waals surface area contributed by atoms with Crippen LogP contribution in [-0.2, 0) is 17.9 Å². The van der Waals surface area contributed by atoms with Gasteiger partial charge in [0.25, 0.3) is 0 Å². The summed E-state index contributed by atoms with van der Waals surface area (Å²) in [6.45, 7) is 10.1. The molecule has 5 heteroatoms. The van der Waals surface area contributed by atoms with Gasteiger partial charge >= 0.3 is 0 Å². The fourth-order valence-corrected chi connectivity index (χ4v) is 2.69. The molecule has 0 spiro atoms. The Balaban J connectivity index is 1.86. The molecule has 0 radical (unpaired) electrons. The first-order chi connectivity index (χ1) is 11.4. The van der Waals surface area contributed by atoms with Gasteiger partial charge < -0.3 is 5.32 Å². The second kappa shape index (κ2) is 8.11. The van der Waals surface area contributed by atoms with E-state index < -0.39 is 0 Å². The molecular formula is C19H28N4O. The van der Waals surface area contributed by atoms with E-state index in [1.165, 1.54) is 11.1 Å². The number of aromatic nitrogens is 2. The van der Waals surface area contributed by atoms with Gasteiger partial charge in [-0.1, -0.05) is 29.8 Å². The van der Waals surface area contributed by atoms with Crippen molar-refractivity contribution >= 4 is 5.91 Å². The molecule has 0 unspecified atom stereocenters. The number of carbonyl (C=O) groups excluding carboxylic acids is 1. The number of carbonyl (C=O) groups is 1. The van der Waals surface area contributed by atoms with Crippen LogP contribution < -0.4 is 5.32 Å². The Morgan fingerprint density at radius 2 is 1.96 bits per heavy atom. The monoisotopic (exact) mass is 328 g/mol. The Bertz CT molecular complexity index is 675. The highest BCUT2D eigenvalue weighted by molar-refractivity contribution is 5.78. The summed E-state index contributed by atoms with van der Waals surface area (Å²) in [4.78, 5) is 14.3. The summed E-state index contributed by atoms with van der Waals surface area (Å²) in [5.41, 5.74) is 4.53. The smallest absolute Gasteiger partial charge is 0.234 e. The van der Waals surface area contributed by atoms with Gasteiger partial charge in [0.05, 0.1) is 18.3 Å². The van der Waals surface area contributed by atoms with E-state index in [1.54, 1.807) is 0 Å². The number of amides is 1. The molecule has 0 saturated carbocycles. The molecule has 2 rings (SSSR count). The molecule has 0 aliphatic heterocycles. The normalized spacial score (nSPS) is 12.4. The van der Waals surface area contributed by atoms with Crippen LogP contribution in [0.25, 0.3) is 0 Å². The first-order valence-corrected chi connectivity index (χ1v) is 8.46. The quantitative estimate of drug-likeness (QED) is 0.850. The fraction of sp³-hybridized carbons (Fsp3) is 0.474. The summed E-state index contributed by atoms with van der Waals surface area (Å²) in [6, 6.07) is 8.27. The molecule has 0 aliphatic rings. The maximum atomic E-state index is 12.3. The lowest BCUT2D eigenvalue weighted by atomic mass is 10.1. The van der Waals surface area contributed by atoms with E-state index in [0.717, 1.165) is 24.3 Å². The van der Waals surface area contributed by atoms with Gasteiger partial charge in [-0.15, -0.1) is 0 Å². The van der Waals surface area contributed by atoms with E-state index in [2.05, 4.69) is 54.7 Å². The van der Waals surface area contributed by atoms with Gasteiger partial charge in [-0.05, 0) is 40.3 Å². The van der Waals surface area contributed by atoms with Gasteiger partial charge in [0, 0.05) is 24.8 Å². The molecule has 130 valence electrons. The number of aryl methyl sites for hydroxylation is 3. The van der Waals surface area contributed by atoms with Gasteiger partial charge in [-0.2, -0.15) is 5.10 Å². The van der Waals surface area contributed by atoms with Crippen molar-refractivity contribution in [3.05, 3.63) is 52.8 Å². The van der Waals surface area contributed by atoms with Crippen molar-refractivity contribution < 1.29 is 4.79 Å². The molecule has 1 aromatic heterocycles. The highest BCUT2D eigenvalue weighted by Gasteiger charge is 2.13. The third-order valence-electron chi connectivity index (χ3n) is 4.18. The Labute approximate surface area is 144 Å². The molecular weight excluding hydrogens is 300 g/mol. The van der Waals surface area contributed by atoms with Gasteiger partial charge in [-0.3, -0.25) is 14.4 Å². The zero-order valence-electron chi connectivity index (χ0n) is 15.3. The van der Waals surface area contributed by atoms with Crippen LogP contribution in [-0.4, -0.2) is 34.2 Å². The molecule has 1 aromatic carbocycles. The van der Waals surface area contributed by atoms with Crippen molar-refractivity contribution in [2.24, 2.45) is 0 Å². The highest BCUT2D eigenvalue weighted by Crippen LogP contribution is 2.13. The Kier molecular flexibility index (Phi) is 6.15. The minimum absolute atomic E-state index is 0.0103. The lowest BCUT2D eigenvalue weighted by Gasteiger charge is -2.19. The summed E-state index contributed by atoms with van der Waals surface area (Å²) < 4.78 is 1.93.